The molecule has 1 amide bonds. The molecule has 172 valence electrons. The molecule has 4 aromatic rings. The van der Waals surface area contributed by atoms with Crippen molar-refractivity contribution in [3.05, 3.63) is 95.9 Å². The number of hydrogen-bond donors (Lipinski definition) is 1. The fraction of sp³-hybridized carbons (Fsp3) is 0.115. The van der Waals surface area contributed by atoms with E-state index in [0.29, 0.717) is 28.3 Å². The fourth-order valence-corrected chi connectivity index (χ4v) is 3.42. The van der Waals surface area contributed by atoms with Gasteiger partial charge in [0.1, 0.15) is 17.3 Å². The molecule has 0 bridgehead atoms. The molecule has 0 aliphatic carbocycles. The number of aromatic nitrogens is 2. The van der Waals surface area contributed by atoms with Crippen molar-refractivity contribution in [1.82, 2.24) is 9.78 Å². The van der Waals surface area contributed by atoms with E-state index < -0.39 is 11.8 Å². The van der Waals surface area contributed by atoms with Gasteiger partial charge in [0.05, 0.1) is 19.4 Å². The second-order valence-corrected chi connectivity index (χ2v) is 7.27. The fourth-order valence-electron chi connectivity index (χ4n) is 3.42. The van der Waals surface area contributed by atoms with Crippen LogP contribution >= 0.6 is 0 Å². The van der Waals surface area contributed by atoms with E-state index in [1.807, 2.05) is 0 Å². The van der Waals surface area contributed by atoms with Crippen LogP contribution < -0.4 is 10.1 Å². The lowest BCUT2D eigenvalue weighted by Gasteiger charge is -2.11. The van der Waals surface area contributed by atoms with Crippen molar-refractivity contribution in [3.63, 3.8) is 0 Å². The summed E-state index contributed by atoms with van der Waals surface area (Å²) in [6.45, 7) is 1.88. The molecular weight excluding hydrogens is 437 g/mol. The van der Waals surface area contributed by atoms with E-state index in [4.69, 9.17) is 9.47 Å². The first-order chi connectivity index (χ1) is 16.5. The number of carbonyl (C=O) groups excluding carboxylic acids is 2. The summed E-state index contributed by atoms with van der Waals surface area (Å²) in [5.41, 5.74) is 2.26. The van der Waals surface area contributed by atoms with Gasteiger partial charge in [0.25, 0.3) is 5.91 Å². The number of para-hydroxylation sites is 1. The molecule has 0 atom stereocenters. The molecule has 1 N–H and O–H groups in total. The quantitative estimate of drug-likeness (QED) is 0.388. The smallest absolute Gasteiger partial charge is 0.358 e. The van der Waals surface area contributed by atoms with Gasteiger partial charge in [0.15, 0.2) is 5.69 Å². The molecule has 7 nitrogen and oxygen atoms in total. The molecule has 34 heavy (non-hydrogen) atoms. The van der Waals surface area contributed by atoms with E-state index in [1.165, 1.54) is 23.9 Å². The average molecular weight is 459 g/mol. The number of amides is 1. The third-order valence-corrected chi connectivity index (χ3v) is 5.02. The van der Waals surface area contributed by atoms with Gasteiger partial charge < -0.3 is 14.8 Å². The third-order valence-electron chi connectivity index (χ3n) is 5.02. The van der Waals surface area contributed by atoms with Gasteiger partial charge in [-0.25, -0.2) is 13.9 Å². The molecule has 0 radical (unpaired) electrons. The van der Waals surface area contributed by atoms with Crippen LogP contribution in [0.15, 0.2) is 78.9 Å². The highest BCUT2D eigenvalue weighted by Crippen LogP contribution is 2.28. The van der Waals surface area contributed by atoms with Crippen molar-refractivity contribution in [2.45, 2.75) is 6.92 Å². The highest BCUT2D eigenvalue weighted by Gasteiger charge is 2.19. The SMILES string of the molecule is CCOC(=O)c1cc(-c2cccc(NC(=O)c3cccc(OC)c3)c2)n(-c2ccccc2F)n1. The summed E-state index contributed by atoms with van der Waals surface area (Å²) in [5, 5.41) is 7.14. The van der Waals surface area contributed by atoms with E-state index in [-0.39, 0.29) is 23.9 Å². The van der Waals surface area contributed by atoms with Gasteiger partial charge in [-0.15, -0.1) is 0 Å². The third kappa shape index (κ3) is 4.80. The summed E-state index contributed by atoms with van der Waals surface area (Å²) in [6, 6.07) is 21.5. The Morgan fingerprint density at radius 3 is 2.56 bits per heavy atom. The molecule has 4 rings (SSSR count). The number of nitrogens with zero attached hydrogens (tertiary/aromatic N) is 2. The van der Waals surface area contributed by atoms with Crippen molar-refractivity contribution in [2.75, 3.05) is 19.0 Å². The summed E-state index contributed by atoms with van der Waals surface area (Å²) >= 11 is 0. The predicted octanol–water partition coefficient (Wildman–Crippen LogP) is 5.12. The molecule has 0 saturated heterocycles. The Kier molecular flexibility index (Phi) is 6.68. The van der Waals surface area contributed by atoms with Crippen LogP contribution in [0.5, 0.6) is 5.75 Å². The van der Waals surface area contributed by atoms with Gasteiger partial charge in [-0.3, -0.25) is 4.79 Å². The summed E-state index contributed by atoms with van der Waals surface area (Å²) in [5.74, 6) is -0.848. The van der Waals surface area contributed by atoms with Crippen molar-refractivity contribution < 1.29 is 23.5 Å². The lowest BCUT2D eigenvalue weighted by atomic mass is 10.1. The van der Waals surface area contributed by atoms with Crippen molar-refractivity contribution in [3.8, 4) is 22.7 Å². The van der Waals surface area contributed by atoms with Crippen LogP contribution in [0.25, 0.3) is 16.9 Å². The number of nitrogens with one attached hydrogen (secondary N) is 1. The normalized spacial score (nSPS) is 10.6. The molecule has 1 aromatic heterocycles. The maximum atomic E-state index is 14.6. The molecule has 0 aliphatic rings. The minimum Gasteiger partial charge on any atom is -0.497 e. The zero-order valence-corrected chi connectivity index (χ0v) is 18.6. The minimum absolute atomic E-state index is 0.0472. The van der Waals surface area contributed by atoms with Crippen molar-refractivity contribution in [2.24, 2.45) is 0 Å². The number of esters is 1. The van der Waals surface area contributed by atoms with Crippen LogP contribution in [0, 0.1) is 5.82 Å². The highest BCUT2D eigenvalue weighted by atomic mass is 19.1. The predicted molar refractivity (Wildman–Crippen MR) is 126 cm³/mol. The molecule has 8 heteroatoms. The van der Waals surface area contributed by atoms with Gasteiger partial charge in [-0.05, 0) is 55.5 Å². The Morgan fingerprint density at radius 1 is 1.00 bits per heavy atom. The minimum atomic E-state index is -0.610. The molecule has 0 aliphatic heterocycles. The molecule has 1 heterocycles. The number of carbonyl (C=O) groups is 2. The van der Waals surface area contributed by atoms with Crippen LogP contribution in [-0.4, -0.2) is 35.4 Å². The van der Waals surface area contributed by atoms with Crippen LogP contribution in [0.4, 0.5) is 10.1 Å². The monoisotopic (exact) mass is 459 g/mol. The van der Waals surface area contributed by atoms with Gasteiger partial charge in [0, 0.05) is 16.8 Å². The number of anilines is 1. The number of benzene rings is 3. The van der Waals surface area contributed by atoms with Crippen molar-refractivity contribution in [1.29, 1.82) is 0 Å². The standard InChI is InChI=1S/C26H22FN3O4/c1-3-34-26(32)22-16-24(30(29-22)23-13-5-4-12-21(23)27)17-8-6-10-19(14-17)28-25(31)18-9-7-11-20(15-18)33-2/h4-16H,3H2,1-2H3,(H,28,31). The van der Waals surface area contributed by atoms with E-state index in [2.05, 4.69) is 10.4 Å². The Morgan fingerprint density at radius 2 is 1.79 bits per heavy atom. The highest BCUT2D eigenvalue weighted by molar-refractivity contribution is 6.04. The zero-order chi connectivity index (χ0) is 24.1. The van der Waals surface area contributed by atoms with Crippen LogP contribution in [-0.2, 0) is 4.74 Å². The summed E-state index contributed by atoms with van der Waals surface area (Å²) < 4.78 is 26.2. The van der Waals surface area contributed by atoms with Crippen LogP contribution in [0.1, 0.15) is 27.8 Å². The van der Waals surface area contributed by atoms with Crippen LogP contribution in [0.2, 0.25) is 0 Å². The molecular formula is C26H22FN3O4. The first-order valence-electron chi connectivity index (χ1n) is 10.6. The Labute approximate surface area is 195 Å². The van der Waals surface area contributed by atoms with Gasteiger partial charge >= 0.3 is 5.97 Å². The number of ether oxygens (including phenoxy) is 2. The lowest BCUT2D eigenvalue weighted by Crippen LogP contribution is -2.12. The number of methoxy groups -OCH3 is 1. The number of rotatable bonds is 7. The second-order valence-electron chi connectivity index (χ2n) is 7.27. The maximum Gasteiger partial charge on any atom is 0.358 e. The topological polar surface area (TPSA) is 82.5 Å². The van der Waals surface area contributed by atoms with E-state index in [1.54, 1.807) is 73.7 Å². The lowest BCUT2D eigenvalue weighted by molar-refractivity contribution is 0.0518. The van der Waals surface area contributed by atoms with E-state index >= 15 is 0 Å². The van der Waals surface area contributed by atoms with Gasteiger partial charge in [-0.2, -0.15) is 5.10 Å². The van der Waals surface area contributed by atoms with Gasteiger partial charge in [-0.1, -0.05) is 30.3 Å². The number of hydrogen-bond acceptors (Lipinski definition) is 5. The average Bonchev–Trinajstić information content (AvgIpc) is 3.30. The van der Waals surface area contributed by atoms with E-state index in [0.717, 1.165) is 0 Å². The van der Waals surface area contributed by atoms with E-state index in [9.17, 15) is 14.0 Å². The van der Waals surface area contributed by atoms with Crippen molar-refractivity contribution >= 4 is 17.6 Å². The maximum absolute atomic E-state index is 14.6. The Bertz CT molecular complexity index is 1350. The summed E-state index contributed by atoms with van der Waals surface area (Å²) in [7, 11) is 1.53. The molecule has 0 fully saturated rings. The van der Waals surface area contributed by atoms with Crippen LogP contribution in [0.3, 0.4) is 0 Å². The first-order valence-corrected chi connectivity index (χ1v) is 10.6. The molecule has 0 saturated carbocycles. The molecule has 0 unspecified atom stereocenters. The second kappa shape index (κ2) is 9.99. The largest absolute Gasteiger partial charge is 0.497 e. The number of halogens is 1. The molecule has 3 aromatic carbocycles. The van der Waals surface area contributed by atoms with Gasteiger partial charge in [0.2, 0.25) is 0 Å². The zero-order valence-electron chi connectivity index (χ0n) is 18.6. The first kappa shape index (κ1) is 22.7. The molecule has 0 spiro atoms. The summed E-state index contributed by atoms with van der Waals surface area (Å²) in [6.07, 6.45) is 0. The summed E-state index contributed by atoms with van der Waals surface area (Å²) in [4.78, 5) is 25.1. The Hall–Kier alpha value is -4.46. The Balaban J connectivity index is 1.71.